The second kappa shape index (κ2) is 23.6. The lowest BCUT2D eigenvalue weighted by molar-refractivity contribution is 0.0977. The predicted octanol–water partition coefficient (Wildman–Crippen LogP) is 15.9. The second-order valence-corrected chi connectivity index (χ2v) is 30.7. The third-order valence-corrected chi connectivity index (χ3v) is 19.6. The molecule has 22 heteroatoms. The summed E-state index contributed by atoms with van der Waals surface area (Å²) in [6.45, 7) is 28.5. The molecule has 78 heavy (non-hydrogen) atoms. The summed E-state index contributed by atoms with van der Waals surface area (Å²) in [5, 5.41) is 10.4. The smallest absolute Gasteiger partial charge is 0.200 e. The molecule has 1 aliphatic heterocycles. The molecule has 2 fully saturated rings. The number of sulfone groups is 2. The highest BCUT2D eigenvalue weighted by Crippen LogP contribution is 2.42. The topological polar surface area (TPSA) is 205 Å². The molecule has 0 amide bonds. The van der Waals surface area contributed by atoms with E-state index >= 15 is 0 Å². The standard InChI is InChI=1S/2C15H18ClNO4S.C15H18ClNOS.C11H12ClNOS/c1-15(2,3)14-17-11-5-4-10(16)13(12(11)21-14)22(19,20)9-6-8(18)7-9;1-15(2,3)14-17-11-5-4-10(16)13(12(11)21-14)22(18,19)7-6-9-8-20-9;1-5-6-9-19-13-10(16)7-8-11-12(13)18-14(17-11)15(2,3)4;1-11(2,3)10-13-7-5-4-6(12)9(15)8(7)14-10/h4-5,8-9,18H,6-7H2,1-3H3;4-5,9H,6-8H2,1-3H3;5,7-8H,1,6,9H2,2-4H3;4-5,15H,1-3H3. The Morgan fingerprint density at radius 2 is 1.00 bits per heavy atom. The molecule has 10 rings (SSSR count). The van der Waals surface area contributed by atoms with E-state index in [9.17, 15) is 21.9 Å². The summed E-state index contributed by atoms with van der Waals surface area (Å²) in [4.78, 5) is 19.4. The van der Waals surface area contributed by atoms with Crippen LogP contribution in [0.15, 0.2) is 98.4 Å². The van der Waals surface area contributed by atoms with Crippen LogP contribution in [-0.4, -0.2) is 77.4 Å². The number of epoxide rings is 1. The van der Waals surface area contributed by atoms with Crippen molar-refractivity contribution in [3.05, 3.63) is 105 Å². The molecule has 1 saturated heterocycles. The maximum absolute atomic E-state index is 12.8. The monoisotopic (exact) mass is 1220 g/mol. The summed E-state index contributed by atoms with van der Waals surface area (Å²) in [6, 6.07) is 13.8. The van der Waals surface area contributed by atoms with E-state index < -0.39 is 31.0 Å². The van der Waals surface area contributed by atoms with Crippen molar-refractivity contribution in [2.45, 2.75) is 167 Å². The number of hydrogen-bond acceptors (Lipinski definition) is 16. The van der Waals surface area contributed by atoms with Gasteiger partial charge in [-0.3, -0.25) is 0 Å². The third-order valence-electron chi connectivity index (χ3n) is 12.2. The van der Waals surface area contributed by atoms with E-state index in [-0.39, 0.29) is 77.4 Å². The maximum Gasteiger partial charge on any atom is 0.200 e. The van der Waals surface area contributed by atoms with Crippen molar-refractivity contribution in [3.8, 4) is 0 Å². The lowest BCUT2D eigenvalue weighted by atomic mass is 9.96. The van der Waals surface area contributed by atoms with Crippen LogP contribution in [0.3, 0.4) is 0 Å². The van der Waals surface area contributed by atoms with Crippen molar-refractivity contribution in [2.24, 2.45) is 0 Å². The first-order valence-electron chi connectivity index (χ1n) is 25.2. The number of allylic oxidation sites excluding steroid dienone is 1. The molecule has 1 N–H and O–H groups in total. The number of aromatic nitrogens is 4. The molecule has 4 aromatic carbocycles. The number of nitrogens with zero attached hydrogens (tertiary/aromatic N) is 4. The van der Waals surface area contributed by atoms with Gasteiger partial charge in [0.2, 0.25) is 23.6 Å². The van der Waals surface area contributed by atoms with E-state index in [0.717, 1.165) is 44.6 Å². The number of rotatable bonds is 10. The lowest BCUT2D eigenvalue weighted by Gasteiger charge is -2.30. The maximum atomic E-state index is 12.8. The van der Waals surface area contributed by atoms with Gasteiger partial charge in [0, 0.05) is 27.4 Å². The van der Waals surface area contributed by atoms with Gasteiger partial charge < -0.3 is 27.5 Å². The molecule has 0 bridgehead atoms. The first-order chi connectivity index (χ1) is 36.1. The summed E-state index contributed by atoms with van der Waals surface area (Å²) < 4.78 is 79.0. The van der Waals surface area contributed by atoms with Gasteiger partial charge in [0.25, 0.3) is 0 Å². The molecule has 5 heterocycles. The molecule has 1 unspecified atom stereocenters. The predicted molar refractivity (Wildman–Crippen MR) is 316 cm³/mol. The van der Waals surface area contributed by atoms with Crippen molar-refractivity contribution < 1.29 is 44.3 Å². The van der Waals surface area contributed by atoms with Crippen LogP contribution in [0.5, 0.6) is 0 Å². The van der Waals surface area contributed by atoms with Crippen molar-refractivity contribution in [2.75, 3.05) is 18.1 Å². The molecule has 2 aliphatic rings. The fourth-order valence-electron chi connectivity index (χ4n) is 7.58. The first kappa shape index (κ1) is 61.8. The number of aliphatic hydroxyl groups excluding tert-OH is 1. The number of fused-ring (bicyclic) bond motifs is 4. The van der Waals surface area contributed by atoms with E-state index in [4.69, 9.17) is 68.8 Å². The van der Waals surface area contributed by atoms with Gasteiger partial charge >= 0.3 is 0 Å². The quantitative estimate of drug-likeness (QED) is 0.0430. The van der Waals surface area contributed by atoms with Crippen molar-refractivity contribution in [3.63, 3.8) is 0 Å². The van der Waals surface area contributed by atoms with E-state index in [1.165, 1.54) is 6.07 Å². The third kappa shape index (κ3) is 14.3. The molecule has 14 nitrogen and oxygen atoms in total. The molecule has 0 radical (unpaired) electrons. The van der Waals surface area contributed by atoms with E-state index in [1.807, 2.05) is 65.8 Å². The van der Waals surface area contributed by atoms with E-state index in [0.29, 0.717) is 57.2 Å². The number of oxazole rings is 4. The molecule has 0 spiro atoms. The first-order valence-corrected chi connectivity index (χ1v) is 31.3. The largest absolute Gasteiger partial charge is 0.439 e. The number of ether oxygens (including phenoxy) is 1. The van der Waals surface area contributed by atoms with Crippen molar-refractivity contribution in [1.82, 2.24) is 19.9 Å². The highest BCUT2D eigenvalue weighted by molar-refractivity contribution is 7.99. The summed E-state index contributed by atoms with van der Waals surface area (Å²) >= 11 is 30.5. The molecule has 1 atom stereocenters. The van der Waals surface area contributed by atoms with Gasteiger partial charge in [0.05, 0.1) is 59.7 Å². The summed E-state index contributed by atoms with van der Waals surface area (Å²) in [5.41, 5.74) is 3.72. The highest BCUT2D eigenvalue weighted by Gasteiger charge is 2.42. The van der Waals surface area contributed by atoms with Gasteiger partial charge in [0.1, 0.15) is 31.9 Å². The van der Waals surface area contributed by atoms with Crippen LogP contribution in [0.1, 0.15) is 132 Å². The molecule has 1 aliphatic carbocycles. The van der Waals surface area contributed by atoms with Crippen LogP contribution >= 0.6 is 70.8 Å². The zero-order valence-electron chi connectivity index (χ0n) is 45.7. The minimum Gasteiger partial charge on any atom is -0.439 e. The summed E-state index contributed by atoms with van der Waals surface area (Å²) in [7, 11) is -7.20. The number of aliphatic hydroxyl groups is 1. The average Bonchev–Trinajstić information content (AvgIpc) is 3.81. The Labute approximate surface area is 486 Å². The number of benzene rings is 4. The highest BCUT2D eigenvalue weighted by atomic mass is 35.5. The average molecular weight is 1230 g/mol. The fraction of sp³-hybridized carbons (Fsp3) is 0.464. The molecule has 422 valence electrons. The van der Waals surface area contributed by atoms with Crippen LogP contribution in [0.2, 0.25) is 20.1 Å². The minimum atomic E-state index is -3.65. The van der Waals surface area contributed by atoms with Gasteiger partial charge in [-0.2, -0.15) is 0 Å². The summed E-state index contributed by atoms with van der Waals surface area (Å²) in [6.07, 6.45) is 3.27. The Hall–Kier alpha value is -3.82. The van der Waals surface area contributed by atoms with Crippen LogP contribution in [-0.2, 0) is 46.1 Å². The zero-order valence-corrected chi connectivity index (χ0v) is 52.0. The summed E-state index contributed by atoms with van der Waals surface area (Å²) in [5.74, 6) is 3.34. The second-order valence-electron chi connectivity index (χ2n) is 23.3. The zero-order chi connectivity index (χ0) is 57.7. The van der Waals surface area contributed by atoms with Crippen LogP contribution < -0.4 is 0 Å². The Bertz CT molecular complexity index is 3720. The van der Waals surface area contributed by atoms with Crippen molar-refractivity contribution >= 4 is 135 Å². The lowest BCUT2D eigenvalue weighted by Crippen LogP contribution is -2.39. The number of thiol groups is 1. The van der Waals surface area contributed by atoms with E-state index in [2.05, 4.69) is 80.7 Å². The molecule has 1 saturated carbocycles. The minimum absolute atomic E-state index is 0.00781. The van der Waals surface area contributed by atoms with Gasteiger partial charge in [-0.15, -0.1) is 31.0 Å². The van der Waals surface area contributed by atoms with Gasteiger partial charge in [-0.25, -0.2) is 36.8 Å². The Kier molecular flexibility index (Phi) is 18.7. The van der Waals surface area contributed by atoms with Crippen LogP contribution in [0.25, 0.3) is 44.4 Å². The SMILES string of the molecule is C=CCCSc1c(Cl)ccc2nc(C(C)(C)C)oc12.CC(C)(C)c1nc2ccc(Cl)c(S(=O)(=O)C3CC(O)C3)c2o1.CC(C)(C)c1nc2ccc(Cl)c(S(=O)(=O)CCC3CO3)c2o1.CC(C)(C)c1nc2ccc(Cl)c(S)c2o1. The normalized spacial score (nSPS) is 17.0. The molecular weight excluding hydrogens is 1160 g/mol. The number of thioether (sulfide) groups is 1. The van der Waals surface area contributed by atoms with E-state index in [1.54, 1.807) is 36.0 Å². The van der Waals surface area contributed by atoms with Crippen molar-refractivity contribution in [1.29, 1.82) is 0 Å². The Morgan fingerprint density at radius 3 is 1.44 bits per heavy atom. The number of halogens is 4. The molecular formula is C56H66Cl4N4O10S4. The number of hydrogen-bond donors (Lipinski definition) is 2. The van der Waals surface area contributed by atoms with Gasteiger partial charge in [-0.1, -0.05) is 136 Å². The fourth-order valence-corrected chi connectivity index (χ4v) is 13.8. The molecule has 8 aromatic rings. The van der Waals surface area contributed by atoms with Crippen LogP contribution in [0.4, 0.5) is 0 Å². The van der Waals surface area contributed by atoms with Crippen LogP contribution in [0, 0.1) is 0 Å². The van der Waals surface area contributed by atoms with Gasteiger partial charge in [0.15, 0.2) is 42.0 Å². The van der Waals surface area contributed by atoms with Gasteiger partial charge in [-0.05, 0) is 74.2 Å². The Balaban J connectivity index is 0.000000152. The molecule has 4 aromatic heterocycles. The Morgan fingerprint density at radius 1 is 0.615 bits per heavy atom.